The fraction of sp³-hybridized carbons (Fsp3) is 0.278. The molecule has 2 aromatic carbocycles. The Kier molecular flexibility index (Phi) is 4.11. The molecule has 114 valence electrons. The Bertz CT molecular complexity index is 697. The highest BCUT2D eigenvalue weighted by molar-refractivity contribution is 6.01. The van der Waals surface area contributed by atoms with Gasteiger partial charge in [0, 0.05) is 30.6 Å². The lowest BCUT2D eigenvalue weighted by Crippen LogP contribution is -2.24. The van der Waals surface area contributed by atoms with Crippen molar-refractivity contribution in [2.45, 2.75) is 19.4 Å². The van der Waals surface area contributed by atoms with Crippen LogP contribution in [0.1, 0.15) is 22.8 Å². The quantitative estimate of drug-likeness (QED) is 0.910. The van der Waals surface area contributed by atoms with Crippen molar-refractivity contribution in [1.29, 1.82) is 0 Å². The smallest absolute Gasteiger partial charge is 0.251 e. The van der Waals surface area contributed by atoms with Crippen LogP contribution < -0.4 is 15.8 Å². The van der Waals surface area contributed by atoms with Crippen molar-refractivity contribution in [1.82, 2.24) is 5.32 Å². The number of carbonyl (C=O) groups is 1. The van der Waals surface area contributed by atoms with Crippen LogP contribution in [0.2, 0.25) is 0 Å². The maximum absolute atomic E-state index is 12.3. The molecule has 0 aliphatic carbocycles. The first kappa shape index (κ1) is 14.6. The Morgan fingerprint density at radius 2 is 2.00 bits per heavy atom. The van der Waals surface area contributed by atoms with Crippen LogP contribution in [0.3, 0.4) is 0 Å². The summed E-state index contributed by atoms with van der Waals surface area (Å²) in [5.74, 6) is 0.791. The predicted molar refractivity (Wildman–Crippen MR) is 87.1 cm³/mol. The number of amides is 1. The molecule has 0 bridgehead atoms. The van der Waals surface area contributed by atoms with Crippen molar-refractivity contribution >= 4 is 5.91 Å². The van der Waals surface area contributed by atoms with Gasteiger partial charge in [0.25, 0.3) is 5.91 Å². The molecule has 1 amide bonds. The minimum absolute atomic E-state index is 0.0211. The van der Waals surface area contributed by atoms with E-state index in [0.29, 0.717) is 18.7 Å². The minimum Gasteiger partial charge on any atom is -0.488 e. The molecule has 0 saturated heterocycles. The van der Waals surface area contributed by atoms with Gasteiger partial charge < -0.3 is 15.8 Å². The highest BCUT2D eigenvalue weighted by atomic mass is 16.5. The lowest BCUT2D eigenvalue weighted by Gasteiger charge is -2.14. The number of nitrogens with one attached hydrogen (secondary N) is 1. The zero-order valence-electron chi connectivity index (χ0n) is 12.6. The second kappa shape index (κ2) is 6.20. The molecule has 4 nitrogen and oxygen atoms in total. The maximum atomic E-state index is 12.3. The molecule has 0 unspecified atom stereocenters. The van der Waals surface area contributed by atoms with Crippen LogP contribution in [-0.2, 0) is 6.42 Å². The standard InChI is InChI=1S/C18H20N2O2/c1-2-20-18(21)16-8-4-3-7-14(16)15-9-5-6-12-10-13(11-19)22-17(12)15/h3-9,13H,2,10-11,19H2,1H3,(H,20,21)/t13-/m1/s1. The number of hydrogen-bond donors (Lipinski definition) is 2. The van der Waals surface area contributed by atoms with Crippen LogP contribution in [0.15, 0.2) is 42.5 Å². The second-order valence-corrected chi connectivity index (χ2v) is 5.38. The first-order valence-corrected chi connectivity index (χ1v) is 7.60. The zero-order chi connectivity index (χ0) is 15.5. The normalized spacial score (nSPS) is 16.0. The van der Waals surface area contributed by atoms with Crippen LogP contribution in [0.4, 0.5) is 0 Å². The van der Waals surface area contributed by atoms with E-state index in [2.05, 4.69) is 11.4 Å². The number of carbonyl (C=O) groups excluding carboxylic acids is 1. The summed E-state index contributed by atoms with van der Waals surface area (Å²) in [7, 11) is 0. The summed E-state index contributed by atoms with van der Waals surface area (Å²) in [4.78, 5) is 12.3. The Labute approximate surface area is 130 Å². The van der Waals surface area contributed by atoms with Gasteiger partial charge in [-0.05, 0) is 24.1 Å². The van der Waals surface area contributed by atoms with Crippen LogP contribution in [0.25, 0.3) is 11.1 Å². The molecule has 2 aromatic rings. The first-order chi connectivity index (χ1) is 10.7. The van der Waals surface area contributed by atoms with Crippen molar-refractivity contribution in [3.63, 3.8) is 0 Å². The molecular formula is C18H20N2O2. The van der Waals surface area contributed by atoms with Gasteiger partial charge in [-0.25, -0.2) is 0 Å². The van der Waals surface area contributed by atoms with Crippen LogP contribution in [-0.4, -0.2) is 25.1 Å². The molecule has 0 fully saturated rings. The molecule has 0 spiro atoms. The summed E-state index contributed by atoms with van der Waals surface area (Å²) in [6.07, 6.45) is 0.844. The van der Waals surface area contributed by atoms with Gasteiger partial charge >= 0.3 is 0 Å². The van der Waals surface area contributed by atoms with E-state index in [9.17, 15) is 4.79 Å². The number of ether oxygens (including phenoxy) is 1. The van der Waals surface area contributed by atoms with Gasteiger partial charge in [0.05, 0.1) is 0 Å². The summed E-state index contributed by atoms with van der Waals surface area (Å²) >= 11 is 0. The minimum atomic E-state index is -0.0657. The third-order valence-electron chi connectivity index (χ3n) is 3.89. The van der Waals surface area contributed by atoms with E-state index in [4.69, 9.17) is 10.5 Å². The molecule has 3 rings (SSSR count). The summed E-state index contributed by atoms with van der Waals surface area (Å²) < 4.78 is 5.98. The number of benzene rings is 2. The molecule has 1 heterocycles. The molecule has 0 radical (unpaired) electrons. The Morgan fingerprint density at radius 1 is 1.23 bits per heavy atom. The van der Waals surface area contributed by atoms with Crippen LogP contribution in [0.5, 0.6) is 5.75 Å². The number of hydrogen-bond acceptors (Lipinski definition) is 3. The number of fused-ring (bicyclic) bond motifs is 1. The largest absolute Gasteiger partial charge is 0.488 e. The van der Waals surface area contributed by atoms with Gasteiger partial charge in [0.15, 0.2) is 0 Å². The Morgan fingerprint density at radius 3 is 2.77 bits per heavy atom. The molecule has 1 aliphatic rings. The van der Waals surface area contributed by atoms with Crippen molar-refractivity contribution < 1.29 is 9.53 Å². The Balaban J connectivity index is 2.07. The van der Waals surface area contributed by atoms with Crippen molar-refractivity contribution in [3.05, 3.63) is 53.6 Å². The van der Waals surface area contributed by atoms with E-state index in [0.717, 1.165) is 28.9 Å². The lowest BCUT2D eigenvalue weighted by atomic mass is 9.96. The summed E-state index contributed by atoms with van der Waals surface area (Å²) in [6, 6.07) is 13.7. The Hall–Kier alpha value is -2.33. The van der Waals surface area contributed by atoms with E-state index in [1.54, 1.807) is 0 Å². The molecule has 1 aliphatic heterocycles. The topological polar surface area (TPSA) is 64.3 Å². The number of rotatable bonds is 4. The van der Waals surface area contributed by atoms with Gasteiger partial charge in [-0.3, -0.25) is 4.79 Å². The first-order valence-electron chi connectivity index (χ1n) is 7.60. The molecule has 0 aromatic heterocycles. The van der Waals surface area contributed by atoms with Gasteiger partial charge in [0.1, 0.15) is 11.9 Å². The van der Waals surface area contributed by atoms with E-state index in [1.165, 1.54) is 0 Å². The average molecular weight is 296 g/mol. The SMILES string of the molecule is CCNC(=O)c1ccccc1-c1cccc2c1O[C@@H](CN)C2. The van der Waals surface area contributed by atoms with E-state index in [1.807, 2.05) is 43.3 Å². The monoisotopic (exact) mass is 296 g/mol. The third-order valence-corrected chi connectivity index (χ3v) is 3.89. The second-order valence-electron chi connectivity index (χ2n) is 5.38. The lowest BCUT2D eigenvalue weighted by molar-refractivity contribution is 0.0956. The maximum Gasteiger partial charge on any atom is 0.251 e. The molecular weight excluding hydrogens is 276 g/mol. The number of para-hydroxylation sites is 1. The van der Waals surface area contributed by atoms with E-state index < -0.39 is 0 Å². The molecule has 22 heavy (non-hydrogen) atoms. The van der Waals surface area contributed by atoms with Crippen molar-refractivity contribution in [2.75, 3.05) is 13.1 Å². The molecule has 4 heteroatoms. The van der Waals surface area contributed by atoms with Gasteiger partial charge in [-0.2, -0.15) is 0 Å². The molecule has 1 atom stereocenters. The zero-order valence-corrected chi connectivity index (χ0v) is 12.6. The molecule has 3 N–H and O–H groups in total. The third kappa shape index (κ3) is 2.57. The van der Waals surface area contributed by atoms with Crippen LogP contribution >= 0.6 is 0 Å². The van der Waals surface area contributed by atoms with E-state index in [-0.39, 0.29) is 12.0 Å². The van der Waals surface area contributed by atoms with Crippen LogP contribution in [0, 0.1) is 0 Å². The van der Waals surface area contributed by atoms with Gasteiger partial charge in [0.2, 0.25) is 0 Å². The average Bonchev–Trinajstić information content (AvgIpc) is 2.98. The summed E-state index contributed by atoms with van der Waals surface area (Å²) in [6.45, 7) is 3.01. The predicted octanol–water partition coefficient (Wildman–Crippen LogP) is 2.37. The summed E-state index contributed by atoms with van der Waals surface area (Å²) in [5, 5.41) is 2.86. The summed E-state index contributed by atoms with van der Waals surface area (Å²) in [5.41, 5.74) is 9.39. The van der Waals surface area contributed by atoms with Crippen molar-refractivity contribution in [2.24, 2.45) is 5.73 Å². The highest BCUT2D eigenvalue weighted by Gasteiger charge is 2.25. The fourth-order valence-corrected chi connectivity index (χ4v) is 2.85. The van der Waals surface area contributed by atoms with Gasteiger partial charge in [-0.1, -0.05) is 36.4 Å². The van der Waals surface area contributed by atoms with E-state index >= 15 is 0 Å². The van der Waals surface area contributed by atoms with Crippen molar-refractivity contribution in [3.8, 4) is 16.9 Å². The van der Waals surface area contributed by atoms with Gasteiger partial charge in [-0.15, -0.1) is 0 Å². The molecule has 0 saturated carbocycles. The fourth-order valence-electron chi connectivity index (χ4n) is 2.85. The number of nitrogens with two attached hydrogens (primary N) is 1. The highest BCUT2D eigenvalue weighted by Crippen LogP contribution is 2.39.